The number of benzene rings is 2. The normalized spacial score (nSPS) is 16.8. The van der Waals surface area contributed by atoms with Gasteiger partial charge in [0.05, 0.1) is 19.4 Å². The highest BCUT2D eigenvalue weighted by Gasteiger charge is 2.27. The van der Waals surface area contributed by atoms with Crippen LogP contribution in [0, 0.1) is 13.8 Å². The lowest BCUT2D eigenvalue weighted by Crippen LogP contribution is -2.40. The van der Waals surface area contributed by atoms with E-state index in [2.05, 4.69) is 22.1 Å². The Bertz CT molecular complexity index is 1250. The molecule has 2 aliphatic heterocycles. The fourth-order valence-corrected chi connectivity index (χ4v) is 5.20. The number of H-pyrrole nitrogens is 1. The van der Waals surface area contributed by atoms with Gasteiger partial charge in [0.1, 0.15) is 11.5 Å². The second-order valence-corrected chi connectivity index (χ2v) is 9.77. The fourth-order valence-electron chi connectivity index (χ4n) is 5.20. The van der Waals surface area contributed by atoms with Gasteiger partial charge in [-0.15, -0.1) is 0 Å². The summed E-state index contributed by atoms with van der Waals surface area (Å²) in [4.78, 5) is 37.8. The van der Waals surface area contributed by atoms with Gasteiger partial charge in [-0.3, -0.25) is 9.59 Å². The number of aromatic nitrogens is 2. The van der Waals surface area contributed by atoms with E-state index in [-0.39, 0.29) is 11.8 Å². The zero-order valence-corrected chi connectivity index (χ0v) is 20.9. The van der Waals surface area contributed by atoms with Crippen molar-refractivity contribution in [3.05, 3.63) is 70.5 Å². The van der Waals surface area contributed by atoms with E-state index in [1.54, 1.807) is 11.1 Å². The highest BCUT2D eigenvalue weighted by molar-refractivity contribution is 5.97. The van der Waals surface area contributed by atoms with Crippen molar-refractivity contribution in [2.75, 3.05) is 45.1 Å². The number of carbonyl (C=O) groups is 2. The molecule has 36 heavy (non-hydrogen) atoms. The number of aryl methyl sites for hydroxylation is 2. The van der Waals surface area contributed by atoms with Crippen molar-refractivity contribution in [1.82, 2.24) is 19.8 Å². The lowest BCUT2D eigenvalue weighted by atomic mass is 9.89. The van der Waals surface area contributed by atoms with Crippen LogP contribution in [0.15, 0.2) is 42.6 Å². The Morgan fingerprint density at radius 3 is 2.31 bits per heavy atom. The van der Waals surface area contributed by atoms with Crippen LogP contribution in [0.25, 0.3) is 11.4 Å². The molecule has 2 saturated heterocycles. The minimum absolute atomic E-state index is 0.0423. The molecule has 0 unspecified atom stereocenters. The van der Waals surface area contributed by atoms with E-state index in [0.29, 0.717) is 49.3 Å². The van der Waals surface area contributed by atoms with Crippen molar-refractivity contribution in [2.24, 2.45) is 0 Å². The van der Waals surface area contributed by atoms with E-state index in [9.17, 15) is 9.59 Å². The molecule has 2 aromatic carbocycles. The summed E-state index contributed by atoms with van der Waals surface area (Å²) in [6.07, 6.45) is 3.44. The van der Waals surface area contributed by atoms with Crippen LogP contribution in [-0.2, 0) is 4.74 Å². The Hall–Kier alpha value is -3.65. The molecule has 8 heteroatoms. The smallest absolute Gasteiger partial charge is 0.272 e. The molecule has 3 N–H and O–H groups in total. The maximum atomic E-state index is 13.5. The number of morpholine rings is 1. The number of imidazole rings is 1. The number of hydrogen-bond acceptors (Lipinski definition) is 5. The van der Waals surface area contributed by atoms with E-state index < -0.39 is 0 Å². The monoisotopic (exact) mass is 487 g/mol. The Labute approximate surface area is 211 Å². The van der Waals surface area contributed by atoms with Crippen LogP contribution in [0.3, 0.4) is 0 Å². The summed E-state index contributed by atoms with van der Waals surface area (Å²) >= 11 is 0. The SMILES string of the molecule is Cc1cc(C)c(-c2ncc(C(=O)N3CCOCC3)[nH]2)cc1C(=O)N1CCC(c2ccc(N)cc2)CC1. The molecular weight excluding hydrogens is 454 g/mol. The summed E-state index contributed by atoms with van der Waals surface area (Å²) < 4.78 is 5.35. The average Bonchev–Trinajstić information content (AvgIpc) is 3.39. The number of likely N-dealkylation sites (tertiary alicyclic amines) is 1. The third-order valence-corrected chi connectivity index (χ3v) is 7.35. The molecule has 0 saturated carbocycles. The Morgan fingerprint density at radius 1 is 0.944 bits per heavy atom. The molecule has 2 aliphatic rings. The molecule has 2 fully saturated rings. The third kappa shape index (κ3) is 4.86. The second-order valence-electron chi connectivity index (χ2n) is 9.77. The predicted molar refractivity (Wildman–Crippen MR) is 139 cm³/mol. The van der Waals surface area contributed by atoms with E-state index in [1.165, 1.54) is 5.56 Å². The lowest BCUT2D eigenvalue weighted by molar-refractivity contribution is 0.0299. The number of anilines is 1. The molecule has 188 valence electrons. The number of nitrogen functional groups attached to an aromatic ring is 1. The van der Waals surface area contributed by atoms with Crippen LogP contribution < -0.4 is 5.73 Å². The van der Waals surface area contributed by atoms with Crippen LogP contribution in [-0.4, -0.2) is 71.0 Å². The molecule has 5 rings (SSSR count). The number of hydrogen-bond donors (Lipinski definition) is 2. The maximum absolute atomic E-state index is 13.5. The minimum Gasteiger partial charge on any atom is -0.399 e. The van der Waals surface area contributed by atoms with Gasteiger partial charge in [-0.2, -0.15) is 0 Å². The predicted octanol–water partition coefficient (Wildman–Crippen LogP) is 3.77. The number of nitrogens with two attached hydrogens (primary N) is 1. The molecule has 0 spiro atoms. The first kappa shape index (κ1) is 24.1. The second kappa shape index (κ2) is 10.1. The van der Waals surface area contributed by atoms with Gasteiger partial charge in [0.25, 0.3) is 11.8 Å². The molecule has 1 aromatic heterocycles. The van der Waals surface area contributed by atoms with E-state index in [1.807, 2.05) is 43.0 Å². The van der Waals surface area contributed by atoms with Gasteiger partial charge in [0.2, 0.25) is 0 Å². The Balaban J connectivity index is 1.32. The first-order valence-electron chi connectivity index (χ1n) is 12.6. The van der Waals surface area contributed by atoms with Crippen LogP contribution in [0.1, 0.15) is 56.3 Å². The van der Waals surface area contributed by atoms with E-state index in [4.69, 9.17) is 10.5 Å². The number of nitrogens with one attached hydrogen (secondary N) is 1. The van der Waals surface area contributed by atoms with Gasteiger partial charge in [-0.25, -0.2) is 4.98 Å². The molecule has 3 heterocycles. The summed E-state index contributed by atoms with van der Waals surface area (Å²) in [7, 11) is 0. The summed E-state index contributed by atoms with van der Waals surface area (Å²) in [6.45, 7) is 7.65. The molecule has 0 aliphatic carbocycles. The molecule has 8 nitrogen and oxygen atoms in total. The van der Waals surface area contributed by atoms with Crippen molar-refractivity contribution in [1.29, 1.82) is 0 Å². The topological polar surface area (TPSA) is 105 Å². The van der Waals surface area contributed by atoms with Crippen molar-refractivity contribution in [2.45, 2.75) is 32.6 Å². The average molecular weight is 488 g/mol. The number of rotatable bonds is 4. The number of ether oxygens (including phenoxy) is 1. The van der Waals surface area contributed by atoms with Gasteiger partial charge in [-0.1, -0.05) is 18.2 Å². The molecule has 0 bridgehead atoms. The fraction of sp³-hybridized carbons (Fsp3) is 0.393. The van der Waals surface area contributed by atoms with Gasteiger partial charge in [0.15, 0.2) is 0 Å². The minimum atomic E-state index is -0.0814. The number of aromatic amines is 1. The van der Waals surface area contributed by atoms with Crippen molar-refractivity contribution >= 4 is 17.5 Å². The Morgan fingerprint density at radius 2 is 1.61 bits per heavy atom. The lowest BCUT2D eigenvalue weighted by Gasteiger charge is -2.33. The number of piperidine rings is 1. The van der Waals surface area contributed by atoms with Crippen molar-refractivity contribution in [3.63, 3.8) is 0 Å². The third-order valence-electron chi connectivity index (χ3n) is 7.35. The van der Waals surface area contributed by atoms with Crippen molar-refractivity contribution < 1.29 is 14.3 Å². The summed E-state index contributed by atoms with van der Waals surface area (Å²) in [5.41, 5.74) is 11.8. The van der Waals surface area contributed by atoms with Gasteiger partial charge in [-0.05, 0) is 67.5 Å². The van der Waals surface area contributed by atoms with Crippen LogP contribution in [0.2, 0.25) is 0 Å². The van der Waals surface area contributed by atoms with Crippen LogP contribution in [0.5, 0.6) is 0 Å². The highest BCUT2D eigenvalue weighted by Crippen LogP contribution is 2.31. The zero-order valence-electron chi connectivity index (χ0n) is 20.9. The summed E-state index contributed by atoms with van der Waals surface area (Å²) in [5, 5.41) is 0. The summed E-state index contributed by atoms with van der Waals surface area (Å²) in [6, 6.07) is 12.0. The molecule has 0 radical (unpaired) electrons. The number of nitrogens with zero attached hydrogens (tertiary/aromatic N) is 3. The zero-order chi connectivity index (χ0) is 25.2. The number of carbonyl (C=O) groups excluding carboxylic acids is 2. The van der Waals surface area contributed by atoms with E-state index >= 15 is 0 Å². The van der Waals surface area contributed by atoms with Crippen molar-refractivity contribution in [3.8, 4) is 11.4 Å². The first-order chi connectivity index (χ1) is 17.4. The quantitative estimate of drug-likeness (QED) is 0.545. The van der Waals surface area contributed by atoms with Gasteiger partial charge >= 0.3 is 0 Å². The highest BCUT2D eigenvalue weighted by atomic mass is 16.5. The van der Waals surface area contributed by atoms with Gasteiger partial charge in [0, 0.05) is 43.0 Å². The first-order valence-corrected chi connectivity index (χ1v) is 12.6. The van der Waals surface area contributed by atoms with Crippen LogP contribution in [0.4, 0.5) is 5.69 Å². The van der Waals surface area contributed by atoms with Crippen LogP contribution >= 0.6 is 0 Å². The molecular formula is C28H33N5O3. The molecule has 2 amide bonds. The largest absolute Gasteiger partial charge is 0.399 e. The van der Waals surface area contributed by atoms with E-state index in [0.717, 1.165) is 48.3 Å². The molecule has 3 aromatic rings. The molecule has 0 atom stereocenters. The van der Waals surface area contributed by atoms with Gasteiger partial charge < -0.3 is 25.3 Å². The summed E-state index contributed by atoms with van der Waals surface area (Å²) in [5.74, 6) is 0.998. The maximum Gasteiger partial charge on any atom is 0.272 e. The Kier molecular flexibility index (Phi) is 6.78. The standard InChI is InChI=1S/C28H33N5O3/c1-18-15-19(2)24(27(34)32-9-7-21(8-10-32)20-3-5-22(29)6-4-20)16-23(18)26-30-17-25(31-26)28(35)33-11-13-36-14-12-33/h3-6,15-17,21H,7-14,29H2,1-2H3,(H,30,31). The number of amides is 2.